The molecule has 7 heteroatoms. The van der Waals surface area contributed by atoms with Crippen LogP contribution in [0.2, 0.25) is 0 Å². The van der Waals surface area contributed by atoms with Gasteiger partial charge in [0.15, 0.2) is 11.5 Å². The molecule has 0 fully saturated rings. The largest absolute Gasteiger partial charge is 0.454 e. The van der Waals surface area contributed by atoms with Crippen molar-refractivity contribution in [3.8, 4) is 17.2 Å². The molecule has 1 aromatic heterocycles. The van der Waals surface area contributed by atoms with Crippen molar-refractivity contribution in [1.29, 1.82) is 0 Å². The zero-order valence-corrected chi connectivity index (χ0v) is 17.2. The number of fused-ring (bicyclic) bond motifs is 1. The van der Waals surface area contributed by atoms with Crippen LogP contribution < -0.4 is 20.2 Å². The molecule has 0 saturated carbocycles. The smallest absolute Gasteiger partial charge is 0.259 e. The molecule has 1 aliphatic heterocycles. The number of ether oxygens (including phenoxy) is 2. The molecular weight excluding hydrogens is 380 g/mol. The van der Waals surface area contributed by atoms with E-state index in [9.17, 15) is 4.79 Å². The van der Waals surface area contributed by atoms with E-state index in [2.05, 4.69) is 20.4 Å². The van der Waals surface area contributed by atoms with Gasteiger partial charge < -0.3 is 19.4 Å². The molecule has 0 saturated heterocycles. The zero-order chi connectivity index (χ0) is 21.1. The normalized spacial score (nSPS) is 12.4. The molecule has 0 spiro atoms. The van der Waals surface area contributed by atoms with Crippen LogP contribution in [0.5, 0.6) is 11.5 Å². The fraction of sp³-hybridized carbons (Fsp3) is 0.217. The second-order valence-corrected chi connectivity index (χ2v) is 7.21. The summed E-state index contributed by atoms with van der Waals surface area (Å²) in [5.41, 5.74) is 8.62. The maximum atomic E-state index is 12.0. The van der Waals surface area contributed by atoms with Crippen molar-refractivity contribution in [2.75, 3.05) is 18.7 Å². The van der Waals surface area contributed by atoms with Crippen LogP contribution in [-0.4, -0.2) is 30.0 Å². The number of aryl methyl sites for hydroxylation is 2. The van der Waals surface area contributed by atoms with Gasteiger partial charge in [-0.25, -0.2) is 5.43 Å². The first-order valence-electron chi connectivity index (χ1n) is 9.72. The number of rotatable bonds is 6. The predicted molar refractivity (Wildman–Crippen MR) is 117 cm³/mol. The number of hydrogen-bond donors (Lipinski definition) is 2. The Morgan fingerprint density at radius 1 is 1.07 bits per heavy atom. The van der Waals surface area contributed by atoms with E-state index in [0.717, 1.165) is 39.8 Å². The van der Waals surface area contributed by atoms with Crippen LogP contribution >= 0.6 is 0 Å². The highest BCUT2D eigenvalue weighted by atomic mass is 16.7. The first-order chi connectivity index (χ1) is 14.5. The number of amides is 1. The van der Waals surface area contributed by atoms with Gasteiger partial charge in [-0.1, -0.05) is 17.7 Å². The van der Waals surface area contributed by atoms with E-state index >= 15 is 0 Å². The third-order valence-electron chi connectivity index (χ3n) is 4.98. The third kappa shape index (κ3) is 4.15. The number of hydrogen-bond acceptors (Lipinski definition) is 5. The van der Waals surface area contributed by atoms with E-state index in [1.165, 1.54) is 5.56 Å². The van der Waals surface area contributed by atoms with Crippen molar-refractivity contribution < 1.29 is 14.3 Å². The van der Waals surface area contributed by atoms with Gasteiger partial charge in [0.2, 0.25) is 6.79 Å². The summed E-state index contributed by atoms with van der Waals surface area (Å²) < 4.78 is 13.0. The van der Waals surface area contributed by atoms with Gasteiger partial charge in [0.25, 0.3) is 5.91 Å². The van der Waals surface area contributed by atoms with Crippen molar-refractivity contribution in [3.63, 3.8) is 0 Å². The molecule has 30 heavy (non-hydrogen) atoms. The van der Waals surface area contributed by atoms with Crippen molar-refractivity contribution in [2.24, 2.45) is 5.10 Å². The molecule has 1 aliphatic rings. The average Bonchev–Trinajstić information content (AvgIpc) is 3.31. The van der Waals surface area contributed by atoms with Gasteiger partial charge in [-0.2, -0.15) is 5.10 Å². The minimum atomic E-state index is -0.212. The van der Waals surface area contributed by atoms with Gasteiger partial charge in [0, 0.05) is 34.4 Å². The number of hydrazone groups is 1. The van der Waals surface area contributed by atoms with E-state index in [1.807, 2.05) is 69.3 Å². The summed E-state index contributed by atoms with van der Waals surface area (Å²) in [6.45, 7) is 6.46. The van der Waals surface area contributed by atoms with E-state index in [0.29, 0.717) is 0 Å². The minimum Gasteiger partial charge on any atom is -0.454 e. The van der Waals surface area contributed by atoms with Crippen molar-refractivity contribution in [2.45, 2.75) is 20.8 Å². The van der Waals surface area contributed by atoms with Gasteiger partial charge >= 0.3 is 0 Å². The molecule has 154 valence electrons. The molecule has 0 bridgehead atoms. The van der Waals surface area contributed by atoms with Gasteiger partial charge in [-0.3, -0.25) is 4.79 Å². The Kier molecular flexibility index (Phi) is 5.43. The SMILES string of the molecule is Cc1ccc(NCC(=O)N/N=C\c2cc(C)n(-c3ccc4c(c3)OCO4)c2C)cc1. The summed E-state index contributed by atoms with van der Waals surface area (Å²) in [6.07, 6.45) is 1.66. The Morgan fingerprint density at radius 2 is 1.83 bits per heavy atom. The number of nitrogens with one attached hydrogen (secondary N) is 2. The van der Waals surface area contributed by atoms with Crippen LogP contribution in [0.3, 0.4) is 0 Å². The molecule has 0 unspecified atom stereocenters. The maximum Gasteiger partial charge on any atom is 0.259 e. The van der Waals surface area contributed by atoms with Crippen LogP contribution in [0, 0.1) is 20.8 Å². The van der Waals surface area contributed by atoms with Crippen LogP contribution in [0.25, 0.3) is 5.69 Å². The Hall–Kier alpha value is -3.74. The molecule has 4 rings (SSSR count). The Balaban J connectivity index is 1.40. The summed E-state index contributed by atoms with van der Waals surface area (Å²) in [5, 5.41) is 7.19. The third-order valence-corrected chi connectivity index (χ3v) is 4.98. The predicted octanol–water partition coefficient (Wildman–Crippen LogP) is 3.69. The Labute approximate surface area is 175 Å². The Morgan fingerprint density at radius 3 is 2.63 bits per heavy atom. The lowest BCUT2D eigenvalue weighted by atomic mass is 10.2. The lowest BCUT2D eigenvalue weighted by Crippen LogP contribution is -2.25. The number of benzene rings is 2. The monoisotopic (exact) mass is 404 g/mol. The number of anilines is 1. The molecular formula is C23H24N4O3. The van der Waals surface area contributed by atoms with Crippen LogP contribution in [0.15, 0.2) is 53.6 Å². The standard InChI is InChI=1S/C23H24N4O3/c1-15-4-6-19(7-5-15)24-13-23(28)26-25-12-18-10-16(2)27(17(18)3)20-8-9-21-22(11-20)30-14-29-21/h4-12,24H,13-14H2,1-3H3,(H,26,28)/b25-12-. The number of aromatic nitrogens is 1. The van der Waals surface area contributed by atoms with Crippen LogP contribution in [-0.2, 0) is 4.79 Å². The molecule has 2 aromatic carbocycles. The summed E-state index contributed by atoms with van der Waals surface area (Å²) >= 11 is 0. The molecule has 0 radical (unpaired) electrons. The highest BCUT2D eigenvalue weighted by molar-refractivity contribution is 5.85. The van der Waals surface area contributed by atoms with Gasteiger partial charge in [-0.05, 0) is 51.1 Å². The fourth-order valence-corrected chi connectivity index (χ4v) is 3.41. The molecule has 7 nitrogen and oxygen atoms in total. The molecule has 0 atom stereocenters. The van der Waals surface area contributed by atoms with Crippen LogP contribution in [0.4, 0.5) is 5.69 Å². The van der Waals surface area contributed by atoms with Crippen LogP contribution in [0.1, 0.15) is 22.5 Å². The van der Waals surface area contributed by atoms with Crippen molar-refractivity contribution in [3.05, 3.63) is 71.0 Å². The van der Waals surface area contributed by atoms with Gasteiger partial charge in [0.1, 0.15) is 0 Å². The topological polar surface area (TPSA) is 76.9 Å². The first kappa shape index (κ1) is 19.6. The maximum absolute atomic E-state index is 12.0. The highest BCUT2D eigenvalue weighted by Gasteiger charge is 2.16. The highest BCUT2D eigenvalue weighted by Crippen LogP contribution is 2.34. The van der Waals surface area contributed by atoms with E-state index in [1.54, 1.807) is 6.21 Å². The number of carbonyl (C=O) groups is 1. The summed E-state index contributed by atoms with van der Waals surface area (Å²) in [6, 6.07) is 15.8. The molecule has 2 heterocycles. The molecule has 1 amide bonds. The van der Waals surface area contributed by atoms with Crippen molar-refractivity contribution >= 4 is 17.8 Å². The molecule has 3 aromatic rings. The first-order valence-corrected chi connectivity index (χ1v) is 9.72. The summed E-state index contributed by atoms with van der Waals surface area (Å²) in [5.74, 6) is 1.28. The Bertz CT molecular complexity index is 1100. The summed E-state index contributed by atoms with van der Waals surface area (Å²) in [4.78, 5) is 12.0. The van der Waals surface area contributed by atoms with Gasteiger partial charge in [0.05, 0.1) is 12.8 Å². The second kappa shape index (κ2) is 8.32. The number of nitrogens with zero attached hydrogens (tertiary/aromatic N) is 2. The molecule has 0 aliphatic carbocycles. The quantitative estimate of drug-likeness (QED) is 0.485. The molecule has 2 N–H and O–H groups in total. The fourth-order valence-electron chi connectivity index (χ4n) is 3.41. The number of carbonyl (C=O) groups excluding carboxylic acids is 1. The minimum absolute atomic E-state index is 0.149. The second-order valence-electron chi connectivity index (χ2n) is 7.21. The lowest BCUT2D eigenvalue weighted by Gasteiger charge is -2.10. The van der Waals surface area contributed by atoms with E-state index < -0.39 is 0 Å². The lowest BCUT2D eigenvalue weighted by molar-refractivity contribution is -0.119. The van der Waals surface area contributed by atoms with Gasteiger partial charge in [-0.15, -0.1) is 0 Å². The van der Waals surface area contributed by atoms with E-state index in [-0.39, 0.29) is 19.2 Å². The van der Waals surface area contributed by atoms with Crippen molar-refractivity contribution in [1.82, 2.24) is 9.99 Å². The average molecular weight is 404 g/mol. The van der Waals surface area contributed by atoms with E-state index in [4.69, 9.17) is 9.47 Å². The summed E-state index contributed by atoms with van der Waals surface area (Å²) in [7, 11) is 0. The zero-order valence-electron chi connectivity index (χ0n) is 17.2.